The van der Waals surface area contributed by atoms with Gasteiger partial charge in [-0.05, 0) is 26.0 Å². The predicted octanol–water partition coefficient (Wildman–Crippen LogP) is 2.86. The lowest BCUT2D eigenvalue weighted by atomic mass is 10.2. The summed E-state index contributed by atoms with van der Waals surface area (Å²) in [5, 5.41) is 8.95. The first-order chi connectivity index (χ1) is 9.64. The van der Waals surface area contributed by atoms with E-state index >= 15 is 0 Å². The molecule has 0 aliphatic carbocycles. The third kappa shape index (κ3) is 5.35. The molecule has 1 aromatic rings. The molecule has 0 atom stereocenters. The molecule has 0 radical (unpaired) electrons. The summed E-state index contributed by atoms with van der Waals surface area (Å²) >= 11 is 11.6. The first kappa shape index (κ1) is 18.0. The van der Waals surface area contributed by atoms with Crippen LogP contribution in [0.5, 0.6) is 0 Å². The molecular formula is C12H15Cl2NO5S. The maximum Gasteiger partial charge on any atom is 0.339 e. The summed E-state index contributed by atoms with van der Waals surface area (Å²) in [6.07, 6.45) is -0.107. The summed E-state index contributed by atoms with van der Waals surface area (Å²) in [4.78, 5) is 11.2. The number of aromatic carboxylic acids is 1. The second-order valence-corrected chi connectivity index (χ2v) is 7.08. The van der Waals surface area contributed by atoms with Crippen LogP contribution in [0, 0.1) is 0 Å². The molecule has 6 nitrogen and oxygen atoms in total. The van der Waals surface area contributed by atoms with E-state index in [1.807, 2.05) is 0 Å². The molecule has 0 aliphatic rings. The third-order valence-electron chi connectivity index (χ3n) is 2.38. The van der Waals surface area contributed by atoms with Crippen LogP contribution >= 0.6 is 23.2 Å². The number of carbonyl (C=O) groups is 1. The molecular weight excluding hydrogens is 341 g/mol. The van der Waals surface area contributed by atoms with Crippen molar-refractivity contribution in [3.8, 4) is 0 Å². The van der Waals surface area contributed by atoms with Gasteiger partial charge in [0.15, 0.2) is 0 Å². The van der Waals surface area contributed by atoms with E-state index in [9.17, 15) is 13.2 Å². The van der Waals surface area contributed by atoms with Crippen LogP contribution in [0.2, 0.25) is 10.0 Å². The molecule has 0 spiro atoms. The minimum Gasteiger partial charge on any atom is -0.478 e. The predicted molar refractivity (Wildman–Crippen MR) is 81.9 cm³/mol. The lowest BCUT2D eigenvalue weighted by molar-refractivity contribution is 0.0698. The van der Waals surface area contributed by atoms with E-state index < -0.39 is 21.6 Å². The number of nitrogens with one attached hydrogen (secondary N) is 1. The van der Waals surface area contributed by atoms with Gasteiger partial charge in [0, 0.05) is 0 Å². The van der Waals surface area contributed by atoms with Gasteiger partial charge in [-0.15, -0.1) is 0 Å². The molecule has 118 valence electrons. The normalized spacial score (nSPS) is 11.7. The van der Waals surface area contributed by atoms with E-state index in [0.29, 0.717) is 0 Å². The molecule has 0 heterocycles. The fourth-order valence-electron chi connectivity index (χ4n) is 1.46. The van der Waals surface area contributed by atoms with Gasteiger partial charge in [0.25, 0.3) is 0 Å². The van der Waals surface area contributed by atoms with Crippen molar-refractivity contribution < 1.29 is 23.1 Å². The highest BCUT2D eigenvalue weighted by Crippen LogP contribution is 2.32. The van der Waals surface area contributed by atoms with Crippen LogP contribution in [0.1, 0.15) is 24.2 Å². The number of sulfonamides is 1. The van der Waals surface area contributed by atoms with Crippen LogP contribution in [0.25, 0.3) is 0 Å². The molecule has 0 bridgehead atoms. The summed E-state index contributed by atoms with van der Waals surface area (Å²) in [5.41, 5.74) is -0.640. The van der Waals surface area contributed by atoms with Crippen LogP contribution < -0.4 is 4.72 Å². The van der Waals surface area contributed by atoms with Gasteiger partial charge in [0.05, 0.1) is 34.2 Å². The van der Waals surface area contributed by atoms with E-state index in [2.05, 4.69) is 4.72 Å². The lowest BCUT2D eigenvalue weighted by Crippen LogP contribution is -2.23. The Balaban J connectivity index is 3.02. The Kier molecular flexibility index (Phi) is 6.27. The highest BCUT2D eigenvalue weighted by molar-refractivity contribution is 7.92. The second-order valence-electron chi connectivity index (χ2n) is 4.42. The number of halogens is 2. The van der Waals surface area contributed by atoms with Crippen molar-refractivity contribution in [2.75, 3.05) is 17.1 Å². The second kappa shape index (κ2) is 7.31. The van der Waals surface area contributed by atoms with E-state index in [0.717, 1.165) is 0 Å². The lowest BCUT2D eigenvalue weighted by Gasteiger charge is -2.14. The summed E-state index contributed by atoms with van der Waals surface area (Å²) in [6.45, 7) is 3.53. The molecule has 0 fully saturated rings. The van der Waals surface area contributed by atoms with Gasteiger partial charge in [-0.1, -0.05) is 23.2 Å². The number of ether oxygens (including phenoxy) is 1. The Morgan fingerprint density at radius 3 is 2.43 bits per heavy atom. The van der Waals surface area contributed by atoms with Crippen molar-refractivity contribution in [1.29, 1.82) is 0 Å². The smallest absolute Gasteiger partial charge is 0.339 e. The maximum atomic E-state index is 11.9. The highest BCUT2D eigenvalue weighted by Gasteiger charge is 2.22. The summed E-state index contributed by atoms with van der Waals surface area (Å²) in [6, 6.07) is 2.60. The minimum atomic E-state index is -3.81. The topological polar surface area (TPSA) is 92.7 Å². The highest BCUT2D eigenvalue weighted by atomic mass is 35.5. The zero-order valence-corrected chi connectivity index (χ0v) is 13.7. The zero-order chi connectivity index (χ0) is 16.2. The molecule has 0 unspecified atom stereocenters. The van der Waals surface area contributed by atoms with Crippen molar-refractivity contribution in [3.05, 3.63) is 27.7 Å². The Bertz CT molecular complexity index is 631. The number of carboxylic acids is 1. The van der Waals surface area contributed by atoms with Crippen LogP contribution in [-0.4, -0.2) is 38.0 Å². The van der Waals surface area contributed by atoms with Gasteiger partial charge in [-0.2, -0.15) is 0 Å². The Morgan fingerprint density at radius 1 is 1.33 bits per heavy atom. The average molecular weight is 356 g/mol. The van der Waals surface area contributed by atoms with Gasteiger partial charge >= 0.3 is 5.97 Å². The van der Waals surface area contributed by atoms with Gasteiger partial charge in [0.1, 0.15) is 5.56 Å². The molecule has 1 rings (SSSR count). The van der Waals surface area contributed by atoms with Gasteiger partial charge in [-0.3, -0.25) is 4.72 Å². The van der Waals surface area contributed by atoms with Crippen molar-refractivity contribution >= 4 is 44.9 Å². The number of hydrogen-bond donors (Lipinski definition) is 2. The summed E-state index contributed by atoms with van der Waals surface area (Å²) < 4.78 is 31.2. The fourth-order valence-corrected chi connectivity index (χ4v) is 2.90. The number of rotatable bonds is 7. The number of carboxylic acid groups (broad SMARTS) is 1. The Morgan fingerprint density at radius 2 is 1.90 bits per heavy atom. The van der Waals surface area contributed by atoms with Crippen molar-refractivity contribution in [2.24, 2.45) is 0 Å². The van der Waals surface area contributed by atoms with E-state index in [1.54, 1.807) is 13.8 Å². The molecule has 9 heteroatoms. The van der Waals surface area contributed by atoms with Crippen LogP contribution in [0.3, 0.4) is 0 Å². The molecule has 21 heavy (non-hydrogen) atoms. The monoisotopic (exact) mass is 355 g/mol. The molecule has 1 aromatic carbocycles. The average Bonchev–Trinajstić information content (AvgIpc) is 2.32. The van der Waals surface area contributed by atoms with Gasteiger partial charge in [-0.25, -0.2) is 13.2 Å². The molecule has 0 saturated heterocycles. The first-order valence-electron chi connectivity index (χ1n) is 5.97. The molecule has 0 aliphatic heterocycles. The molecule has 0 aromatic heterocycles. The van der Waals surface area contributed by atoms with Gasteiger partial charge in [0.2, 0.25) is 10.0 Å². The quantitative estimate of drug-likeness (QED) is 0.784. The molecule has 0 saturated carbocycles. The van der Waals surface area contributed by atoms with E-state index in [4.69, 9.17) is 33.0 Å². The SMILES string of the molecule is CC(C)OCCS(=O)(=O)Nc1c(Cl)ccc(Cl)c1C(=O)O. The molecule has 2 N–H and O–H groups in total. The number of benzene rings is 1. The van der Waals surface area contributed by atoms with Crippen molar-refractivity contribution in [3.63, 3.8) is 0 Å². The Labute approximate surface area is 133 Å². The van der Waals surface area contributed by atoms with E-state index in [-0.39, 0.29) is 34.2 Å². The van der Waals surface area contributed by atoms with Crippen LogP contribution in [0.4, 0.5) is 5.69 Å². The first-order valence-corrected chi connectivity index (χ1v) is 8.38. The van der Waals surface area contributed by atoms with Gasteiger partial charge < -0.3 is 9.84 Å². The van der Waals surface area contributed by atoms with Crippen LogP contribution in [0.15, 0.2) is 12.1 Å². The molecule has 0 amide bonds. The standard InChI is InChI=1S/C12H15Cl2NO5S/c1-7(2)20-5-6-21(18,19)15-11-9(14)4-3-8(13)10(11)12(16)17/h3-4,7,15H,5-6H2,1-2H3,(H,16,17). The minimum absolute atomic E-state index is 0.0202. The zero-order valence-electron chi connectivity index (χ0n) is 11.4. The van der Waals surface area contributed by atoms with Crippen molar-refractivity contribution in [2.45, 2.75) is 20.0 Å². The largest absolute Gasteiger partial charge is 0.478 e. The number of hydrogen-bond acceptors (Lipinski definition) is 4. The summed E-state index contributed by atoms with van der Waals surface area (Å²) in [5.74, 6) is -1.70. The third-order valence-corrected chi connectivity index (χ3v) is 4.23. The van der Waals surface area contributed by atoms with Crippen LogP contribution in [-0.2, 0) is 14.8 Å². The maximum absolute atomic E-state index is 11.9. The summed E-state index contributed by atoms with van der Waals surface area (Å²) in [7, 11) is -3.81. The van der Waals surface area contributed by atoms with E-state index in [1.165, 1.54) is 12.1 Å². The number of anilines is 1. The fraction of sp³-hybridized carbons (Fsp3) is 0.417. The Hall–Kier alpha value is -1.02. The van der Waals surface area contributed by atoms with Crippen molar-refractivity contribution in [1.82, 2.24) is 0 Å².